The quantitative estimate of drug-likeness (QED) is 0.165. The molecule has 0 saturated carbocycles. The maximum absolute atomic E-state index is 12.6. The van der Waals surface area contributed by atoms with Gasteiger partial charge in [0.25, 0.3) is 0 Å². The number of hydrogen-bond donors (Lipinski definition) is 0. The molecule has 0 amide bonds. The summed E-state index contributed by atoms with van der Waals surface area (Å²) in [5, 5.41) is 0. The lowest BCUT2D eigenvalue weighted by atomic mass is 9.94. The van der Waals surface area contributed by atoms with Crippen LogP contribution in [0.4, 0.5) is 75.0 Å². The van der Waals surface area contributed by atoms with Crippen LogP contribution in [0.5, 0.6) is 0 Å². The van der Waals surface area contributed by atoms with Crippen LogP contribution in [-0.4, -0.2) is 81.0 Å². The third-order valence-corrected chi connectivity index (χ3v) is 3.00. The number of rotatable bonds is 4. The molecule has 0 bridgehead atoms. The van der Waals surface area contributed by atoms with Crippen molar-refractivity contribution in [1.82, 2.24) is 4.90 Å². The van der Waals surface area contributed by atoms with E-state index in [2.05, 4.69) is 9.47 Å². The maximum Gasteiger partial charge on any atom is 0.495 e. The van der Waals surface area contributed by atoms with Gasteiger partial charge in [-0.25, -0.2) is 13.6 Å². The molecule has 34 heavy (non-hydrogen) atoms. The van der Waals surface area contributed by atoms with Crippen LogP contribution in [-0.2, 0) is 9.47 Å². The van der Waals surface area contributed by atoms with E-state index in [9.17, 15) is 75.0 Å². The number of piperidine rings is 1. The van der Waals surface area contributed by atoms with Crippen molar-refractivity contribution in [2.45, 2.75) is 50.9 Å². The Bertz CT molecular complexity index is 566. The predicted octanol–water partition coefficient (Wildman–Crippen LogP) is 6.85. The third-order valence-electron chi connectivity index (χ3n) is 3.00. The van der Waals surface area contributed by atoms with E-state index in [0.717, 1.165) is 0 Å². The van der Waals surface area contributed by atoms with Gasteiger partial charge in [-0.2, -0.15) is 57.1 Å². The highest BCUT2D eigenvalue weighted by molar-refractivity contribution is 5.57. The summed E-state index contributed by atoms with van der Waals surface area (Å²) < 4.78 is 198. The van der Waals surface area contributed by atoms with Gasteiger partial charge in [0.05, 0.1) is 6.61 Å². The summed E-state index contributed by atoms with van der Waals surface area (Å²) in [5.74, 6) is -20.8. The number of carbonyl (C=O) groups is 1. The fourth-order valence-electron chi connectivity index (χ4n) is 1.45. The Hall–Kier alpha value is -1.73. The minimum atomic E-state index is -7.06. The topological polar surface area (TPSA) is 38.8 Å². The van der Waals surface area contributed by atoms with Crippen LogP contribution in [0, 0.1) is 0 Å². The Morgan fingerprint density at radius 1 is 0.765 bits per heavy atom. The molecule has 210 valence electrons. The van der Waals surface area contributed by atoms with Crippen molar-refractivity contribution in [3.63, 3.8) is 0 Å². The van der Waals surface area contributed by atoms with Gasteiger partial charge in [-0.15, -0.1) is 9.29 Å². The number of ether oxygens (including phenoxy) is 2. The molecular formula is C14H19F16NO3. The normalized spacial score (nSPS) is 21.2. The van der Waals surface area contributed by atoms with Gasteiger partial charge in [-0.3, -0.25) is 0 Å². The van der Waals surface area contributed by atoms with Crippen LogP contribution in [0.25, 0.3) is 0 Å². The molecule has 0 atom stereocenters. The van der Waals surface area contributed by atoms with E-state index in [-0.39, 0.29) is 28.1 Å². The van der Waals surface area contributed by atoms with E-state index in [1.807, 2.05) is 0 Å². The average Bonchev–Trinajstić information content (AvgIpc) is 2.60. The molecule has 20 heteroatoms. The molecule has 1 rings (SSSR count). The second-order valence-corrected chi connectivity index (χ2v) is 5.18. The number of alkyl halides is 15. The predicted molar refractivity (Wildman–Crippen MR) is 82.4 cm³/mol. The lowest BCUT2D eigenvalue weighted by molar-refractivity contribution is -0.509. The summed E-state index contributed by atoms with van der Waals surface area (Å²) in [6.45, 7) is -5.20. The van der Waals surface area contributed by atoms with E-state index in [1.165, 1.54) is 7.11 Å². The van der Waals surface area contributed by atoms with Crippen molar-refractivity contribution >= 4 is 6.22 Å². The Balaban J connectivity index is -0.000000236. The van der Waals surface area contributed by atoms with Crippen LogP contribution < -0.4 is 0 Å². The first-order valence-corrected chi connectivity index (χ1v) is 7.19. The molecule has 1 aliphatic rings. The molecule has 0 aromatic rings. The average molecular weight is 553 g/mol. The Kier molecular flexibility index (Phi) is 15.5. The zero-order valence-corrected chi connectivity index (χ0v) is 15.0. The SMILES string of the molecule is C.C.COCCOC(=O)F.FCC(F)(F)F.FCN1C(F)(F)C(F)(F)C(F)(F)C(F)(F)C1(F)F. The number of nitrogens with zero attached hydrogens (tertiary/aromatic N) is 1. The monoisotopic (exact) mass is 553 g/mol. The second-order valence-electron chi connectivity index (χ2n) is 5.18. The maximum atomic E-state index is 12.6. The van der Waals surface area contributed by atoms with Gasteiger partial charge in [0.1, 0.15) is 6.61 Å². The number of hydrogen-bond acceptors (Lipinski definition) is 4. The highest BCUT2D eigenvalue weighted by atomic mass is 19.4. The summed E-state index contributed by atoms with van der Waals surface area (Å²) in [6, 6.07) is -13.0. The molecule has 1 heterocycles. The molecule has 0 aromatic carbocycles. The molecule has 0 N–H and O–H groups in total. The number of halogens is 16. The van der Waals surface area contributed by atoms with E-state index >= 15 is 0 Å². The number of carbonyl (C=O) groups excluding carboxylic acids is 1. The van der Waals surface area contributed by atoms with Crippen LogP contribution in [0.1, 0.15) is 14.9 Å². The minimum absolute atomic E-state index is 0. The Morgan fingerprint density at radius 3 is 1.29 bits per heavy atom. The zero-order chi connectivity index (χ0) is 26.4. The van der Waals surface area contributed by atoms with Crippen LogP contribution in [0.2, 0.25) is 0 Å². The van der Waals surface area contributed by atoms with Gasteiger partial charge in [0.2, 0.25) is 0 Å². The highest BCUT2D eigenvalue weighted by Gasteiger charge is 2.95. The highest BCUT2D eigenvalue weighted by Crippen LogP contribution is 2.64. The van der Waals surface area contributed by atoms with Crippen molar-refractivity contribution in [2.24, 2.45) is 0 Å². The molecule has 1 fully saturated rings. The minimum Gasteiger partial charge on any atom is -0.438 e. The van der Waals surface area contributed by atoms with Gasteiger partial charge < -0.3 is 9.47 Å². The fraction of sp³-hybridized carbons (Fsp3) is 0.929. The van der Waals surface area contributed by atoms with Gasteiger partial charge in [0, 0.05) is 7.11 Å². The summed E-state index contributed by atoms with van der Waals surface area (Å²) in [5.41, 5.74) is 0. The standard InChI is InChI=1S/C6H2F11N.C4H7FO3.C2H2F4.2CH4/c7-1-18-5(14,15)3(10,11)2(8,9)4(12,13)6(18,16)17;1-7-2-3-8-4(5)6;3-1-2(4,5)6;;/h1H2;2-3H2,1H3;1H2;2*1H4. The summed E-state index contributed by atoms with van der Waals surface area (Å²) in [6.07, 6.45) is -6.39. The van der Waals surface area contributed by atoms with Crippen LogP contribution >= 0.6 is 0 Å². The van der Waals surface area contributed by atoms with Gasteiger partial charge in [-0.05, 0) is 0 Å². The Morgan fingerprint density at radius 2 is 1.09 bits per heavy atom. The second kappa shape index (κ2) is 13.4. The molecule has 1 saturated heterocycles. The number of methoxy groups -OCH3 is 1. The van der Waals surface area contributed by atoms with Crippen LogP contribution in [0.15, 0.2) is 0 Å². The van der Waals surface area contributed by atoms with Gasteiger partial charge in [0.15, 0.2) is 13.5 Å². The molecule has 0 aliphatic carbocycles. The molecular weight excluding hydrogens is 534 g/mol. The van der Waals surface area contributed by atoms with Crippen molar-refractivity contribution in [1.29, 1.82) is 0 Å². The largest absolute Gasteiger partial charge is 0.495 e. The molecule has 4 nitrogen and oxygen atoms in total. The summed E-state index contributed by atoms with van der Waals surface area (Å²) in [7, 11) is 1.44. The van der Waals surface area contributed by atoms with E-state index in [0.29, 0.717) is 0 Å². The van der Waals surface area contributed by atoms with Crippen molar-refractivity contribution in [2.75, 3.05) is 33.8 Å². The first-order valence-electron chi connectivity index (χ1n) is 7.19. The van der Waals surface area contributed by atoms with Crippen molar-refractivity contribution in [3.8, 4) is 0 Å². The number of likely N-dealkylation sites (tertiary alicyclic amines) is 1. The first-order chi connectivity index (χ1) is 14.0. The lowest BCUT2D eigenvalue weighted by Gasteiger charge is -2.50. The molecule has 0 radical (unpaired) electrons. The zero-order valence-electron chi connectivity index (χ0n) is 15.0. The summed E-state index contributed by atoms with van der Waals surface area (Å²) >= 11 is 0. The first kappa shape index (κ1) is 39.5. The fourth-order valence-corrected chi connectivity index (χ4v) is 1.45. The molecule has 0 aromatic heterocycles. The summed E-state index contributed by atoms with van der Waals surface area (Å²) in [4.78, 5) is 6.77. The van der Waals surface area contributed by atoms with E-state index in [1.54, 1.807) is 0 Å². The van der Waals surface area contributed by atoms with E-state index < -0.39 is 60.6 Å². The van der Waals surface area contributed by atoms with Crippen LogP contribution in [0.3, 0.4) is 0 Å². The molecule has 0 spiro atoms. The lowest BCUT2D eigenvalue weighted by Crippen LogP contribution is -2.81. The van der Waals surface area contributed by atoms with E-state index in [4.69, 9.17) is 0 Å². The molecule has 0 unspecified atom stereocenters. The van der Waals surface area contributed by atoms with Gasteiger partial charge in [-0.1, -0.05) is 14.9 Å². The Labute approximate surface area is 181 Å². The van der Waals surface area contributed by atoms with Crippen molar-refractivity contribution in [3.05, 3.63) is 0 Å². The third kappa shape index (κ3) is 8.19. The molecule has 1 aliphatic heterocycles. The van der Waals surface area contributed by atoms with Gasteiger partial charge >= 0.3 is 42.3 Å². The smallest absolute Gasteiger partial charge is 0.438 e. The van der Waals surface area contributed by atoms with Crippen molar-refractivity contribution < 1.29 is 84.5 Å².